The molecule has 0 aromatic heterocycles. The summed E-state index contributed by atoms with van der Waals surface area (Å²) in [5.41, 5.74) is 2.13. The number of allylic oxidation sites excluding steroid dienone is 1. The molecule has 2 aromatic carbocycles. The van der Waals surface area contributed by atoms with Crippen molar-refractivity contribution in [1.29, 1.82) is 0 Å². The third-order valence-electron chi connectivity index (χ3n) is 4.92. The maximum atomic E-state index is 11.2. The Hall–Kier alpha value is -2.05. The van der Waals surface area contributed by atoms with Crippen molar-refractivity contribution in [1.82, 2.24) is 0 Å². The first-order chi connectivity index (χ1) is 12.9. The van der Waals surface area contributed by atoms with Gasteiger partial charge in [0, 0.05) is 0 Å². The van der Waals surface area contributed by atoms with E-state index in [4.69, 9.17) is 8.61 Å². The van der Waals surface area contributed by atoms with E-state index >= 15 is 0 Å². The molecule has 0 aliphatic rings. The Morgan fingerprint density at radius 2 is 1.61 bits per heavy atom. The van der Waals surface area contributed by atoms with Crippen LogP contribution in [0.3, 0.4) is 0 Å². The topological polar surface area (TPSA) is 52.6 Å². The fourth-order valence-electron chi connectivity index (χ4n) is 2.33. The van der Waals surface area contributed by atoms with Gasteiger partial charge in [-0.1, -0.05) is 63.3 Å². The second kappa shape index (κ2) is 8.53. The van der Waals surface area contributed by atoms with Crippen molar-refractivity contribution in [2.45, 2.75) is 45.3 Å². The summed E-state index contributed by atoms with van der Waals surface area (Å²) in [6, 6.07) is 15.1. The van der Waals surface area contributed by atoms with E-state index in [1.54, 1.807) is 12.1 Å². The van der Waals surface area contributed by atoms with Gasteiger partial charge in [0.15, 0.2) is 0 Å². The molecule has 0 heterocycles. The van der Waals surface area contributed by atoms with Crippen molar-refractivity contribution in [2.24, 2.45) is 0 Å². The van der Waals surface area contributed by atoms with Crippen molar-refractivity contribution < 1.29 is 17.0 Å². The summed E-state index contributed by atoms with van der Waals surface area (Å²) in [4.78, 5) is 0. The lowest BCUT2D eigenvalue weighted by Crippen LogP contribution is -2.44. The van der Waals surface area contributed by atoms with Crippen LogP contribution >= 0.6 is 0 Å². The van der Waals surface area contributed by atoms with Gasteiger partial charge in [-0.2, -0.15) is 8.42 Å². The fraction of sp³-hybridized carbons (Fsp3) is 0.364. The van der Waals surface area contributed by atoms with Crippen LogP contribution < -0.4 is 8.61 Å². The van der Waals surface area contributed by atoms with Gasteiger partial charge < -0.3 is 8.61 Å². The Morgan fingerprint density at radius 1 is 1.00 bits per heavy atom. The third kappa shape index (κ3) is 6.53. The zero-order valence-corrected chi connectivity index (χ0v) is 19.3. The SMILES string of the molecule is CC(C)(C)[Si](C)(C)Oc1ccccc1C/C=C/c1ccc(OS(C)(=O)=O)cc1. The molecule has 0 N–H and O–H groups in total. The summed E-state index contributed by atoms with van der Waals surface area (Å²) in [5.74, 6) is 1.27. The predicted molar refractivity (Wildman–Crippen MR) is 119 cm³/mol. The summed E-state index contributed by atoms with van der Waals surface area (Å²) in [7, 11) is -5.40. The average Bonchev–Trinajstić information content (AvgIpc) is 2.55. The van der Waals surface area contributed by atoms with Crippen LogP contribution in [0.15, 0.2) is 54.6 Å². The molecule has 2 aromatic rings. The molecule has 6 heteroatoms. The second-order valence-corrected chi connectivity index (χ2v) is 14.7. The van der Waals surface area contributed by atoms with Crippen molar-refractivity contribution in [3.63, 3.8) is 0 Å². The summed E-state index contributed by atoms with van der Waals surface area (Å²) in [5, 5.41) is 0.145. The van der Waals surface area contributed by atoms with Gasteiger partial charge >= 0.3 is 10.1 Å². The molecular weight excluding hydrogens is 388 g/mol. The maximum Gasteiger partial charge on any atom is 0.306 e. The molecule has 0 bridgehead atoms. The van der Waals surface area contributed by atoms with Gasteiger partial charge in [-0.3, -0.25) is 0 Å². The van der Waals surface area contributed by atoms with E-state index in [0.29, 0.717) is 5.75 Å². The molecule has 0 unspecified atom stereocenters. The van der Waals surface area contributed by atoms with Crippen molar-refractivity contribution >= 4 is 24.5 Å². The fourth-order valence-corrected chi connectivity index (χ4v) is 3.85. The first kappa shape index (κ1) is 22.2. The molecule has 152 valence electrons. The van der Waals surface area contributed by atoms with Crippen LogP contribution in [-0.2, 0) is 16.5 Å². The van der Waals surface area contributed by atoms with E-state index in [9.17, 15) is 8.42 Å². The molecular formula is C22H30O4SSi. The lowest BCUT2D eigenvalue weighted by Gasteiger charge is -2.37. The molecule has 0 radical (unpaired) electrons. The molecule has 0 atom stereocenters. The molecule has 28 heavy (non-hydrogen) atoms. The zero-order chi connectivity index (χ0) is 21.0. The number of benzene rings is 2. The normalized spacial score (nSPS) is 12.9. The van der Waals surface area contributed by atoms with Gasteiger partial charge in [0.2, 0.25) is 8.32 Å². The van der Waals surface area contributed by atoms with Gasteiger partial charge in [0.05, 0.1) is 6.26 Å². The average molecular weight is 419 g/mol. The van der Waals surface area contributed by atoms with Gasteiger partial charge in [0.1, 0.15) is 11.5 Å². The minimum Gasteiger partial charge on any atom is -0.543 e. The third-order valence-corrected chi connectivity index (χ3v) is 9.76. The number of hydrogen-bond acceptors (Lipinski definition) is 4. The van der Waals surface area contributed by atoms with Crippen LogP contribution in [0.1, 0.15) is 31.9 Å². The Labute approximate surface area is 170 Å². The van der Waals surface area contributed by atoms with Crippen LogP contribution in [0.5, 0.6) is 11.5 Å². The molecule has 0 aliphatic heterocycles. The van der Waals surface area contributed by atoms with Crippen LogP contribution in [-0.4, -0.2) is 23.0 Å². The summed E-state index contributed by atoms with van der Waals surface area (Å²) in [6.07, 6.45) is 5.88. The molecule has 4 nitrogen and oxygen atoms in total. The standard InChI is InChI=1S/C22H30O4SSi/c1-22(2,3)28(5,6)26-21-13-8-7-11-19(21)12-9-10-18-14-16-20(17-15-18)25-27(4,23)24/h7-11,13-17H,12H2,1-6H3/b10-9+. The van der Waals surface area contributed by atoms with Gasteiger partial charge in [0.25, 0.3) is 0 Å². The highest BCUT2D eigenvalue weighted by atomic mass is 32.2. The number of para-hydroxylation sites is 1. The van der Waals surface area contributed by atoms with Gasteiger partial charge in [-0.05, 0) is 53.9 Å². The largest absolute Gasteiger partial charge is 0.543 e. The quantitative estimate of drug-likeness (QED) is 0.430. The molecule has 0 saturated carbocycles. The van der Waals surface area contributed by atoms with Crippen LogP contribution in [0.2, 0.25) is 18.1 Å². The number of hydrogen-bond donors (Lipinski definition) is 0. The first-order valence-electron chi connectivity index (χ1n) is 9.30. The van der Waals surface area contributed by atoms with Crippen molar-refractivity contribution in [3.8, 4) is 11.5 Å². The second-order valence-electron chi connectivity index (χ2n) is 8.43. The zero-order valence-electron chi connectivity index (χ0n) is 17.5. The Bertz CT molecular complexity index is 924. The Morgan fingerprint density at radius 3 is 2.18 bits per heavy atom. The van der Waals surface area contributed by atoms with E-state index in [0.717, 1.165) is 29.6 Å². The lowest BCUT2D eigenvalue weighted by atomic mass is 10.1. The highest BCUT2D eigenvalue weighted by Crippen LogP contribution is 2.38. The summed E-state index contributed by atoms with van der Waals surface area (Å²) in [6.45, 7) is 11.2. The Kier molecular flexibility index (Phi) is 6.78. The van der Waals surface area contributed by atoms with Crippen molar-refractivity contribution in [3.05, 3.63) is 65.7 Å². The smallest absolute Gasteiger partial charge is 0.306 e. The van der Waals surface area contributed by atoms with Gasteiger partial charge in [-0.15, -0.1) is 0 Å². The molecule has 0 amide bonds. The molecule has 0 spiro atoms. The van der Waals surface area contributed by atoms with Crippen LogP contribution in [0, 0.1) is 0 Å². The summed E-state index contributed by atoms with van der Waals surface area (Å²) >= 11 is 0. The Balaban J connectivity index is 2.09. The lowest BCUT2D eigenvalue weighted by molar-refractivity contribution is 0.488. The monoisotopic (exact) mass is 418 g/mol. The van der Waals surface area contributed by atoms with E-state index in [1.165, 1.54) is 0 Å². The predicted octanol–water partition coefficient (Wildman–Crippen LogP) is 5.66. The summed E-state index contributed by atoms with van der Waals surface area (Å²) < 4.78 is 33.7. The molecule has 2 rings (SSSR count). The van der Waals surface area contributed by atoms with E-state index in [-0.39, 0.29) is 5.04 Å². The highest BCUT2D eigenvalue weighted by Gasteiger charge is 2.39. The number of rotatable bonds is 7. The van der Waals surface area contributed by atoms with E-state index in [1.807, 2.05) is 36.4 Å². The molecule has 0 saturated heterocycles. The van der Waals surface area contributed by atoms with E-state index in [2.05, 4.69) is 46.0 Å². The molecule has 0 aliphatic carbocycles. The first-order valence-corrected chi connectivity index (χ1v) is 14.0. The maximum absolute atomic E-state index is 11.2. The van der Waals surface area contributed by atoms with Gasteiger partial charge in [-0.25, -0.2) is 0 Å². The van der Waals surface area contributed by atoms with Crippen LogP contribution in [0.4, 0.5) is 0 Å². The van der Waals surface area contributed by atoms with Crippen molar-refractivity contribution in [2.75, 3.05) is 6.26 Å². The van der Waals surface area contributed by atoms with Crippen LogP contribution in [0.25, 0.3) is 6.08 Å². The minimum absolute atomic E-state index is 0.145. The highest BCUT2D eigenvalue weighted by molar-refractivity contribution is 7.86. The van der Waals surface area contributed by atoms with E-state index < -0.39 is 18.4 Å². The molecule has 0 fully saturated rings. The minimum atomic E-state index is -3.50.